The number of carbonyl (C=O) groups excluding carboxylic acids is 2. The molecule has 0 aromatic heterocycles. The fourth-order valence-electron chi connectivity index (χ4n) is 3.88. The van der Waals surface area contributed by atoms with E-state index in [0.29, 0.717) is 23.8 Å². The molecular weight excluding hydrogens is 422 g/mol. The minimum Gasteiger partial charge on any atom is -0.507 e. The van der Waals surface area contributed by atoms with Gasteiger partial charge in [-0.05, 0) is 48.2 Å². The molecule has 0 bridgehead atoms. The van der Waals surface area contributed by atoms with Gasteiger partial charge in [0.05, 0.1) is 38.0 Å². The molecule has 1 atom stereocenters. The third kappa shape index (κ3) is 5.43. The van der Waals surface area contributed by atoms with E-state index in [1.165, 1.54) is 4.90 Å². The summed E-state index contributed by atoms with van der Waals surface area (Å²) in [4.78, 5) is 27.4. The number of rotatable bonds is 10. The van der Waals surface area contributed by atoms with E-state index >= 15 is 0 Å². The first-order valence-corrected chi connectivity index (χ1v) is 11.2. The summed E-state index contributed by atoms with van der Waals surface area (Å²) in [5, 5.41) is 20.0. The number of ether oxygens (including phenoxy) is 2. The van der Waals surface area contributed by atoms with Crippen molar-refractivity contribution in [1.82, 2.24) is 4.90 Å². The molecular formula is C26H31NO6. The van der Waals surface area contributed by atoms with Gasteiger partial charge >= 0.3 is 0 Å². The van der Waals surface area contributed by atoms with Crippen molar-refractivity contribution in [2.75, 3.05) is 33.0 Å². The van der Waals surface area contributed by atoms with Crippen LogP contribution in [0.5, 0.6) is 5.75 Å². The van der Waals surface area contributed by atoms with Gasteiger partial charge in [0.2, 0.25) is 0 Å². The van der Waals surface area contributed by atoms with Crippen molar-refractivity contribution in [1.29, 1.82) is 0 Å². The maximum atomic E-state index is 13.0. The van der Waals surface area contributed by atoms with Crippen molar-refractivity contribution in [3.63, 3.8) is 0 Å². The van der Waals surface area contributed by atoms with Crippen LogP contribution in [-0.2, 0) is 14.3 Å². The quantitative estimate of drug-likeness (QED) is 0.247. The molecule has 0 aliphatic carbocycles. The van der Waals surface area contributed by atoms with E-state index in [2.05, 4.69) is 13.8 Å². The predicted octanol–water partition coefficient (Wildman–Crippen LogP) is 3.64. The SMILES string of the molecule is CCOc1ccc(C(O)=C2C(=O)C(=O)N(CCOCCO)[C@H]2c2ccc(C(C)C)cc2)cc1. The topological polar surface area (TPSA) is 96.3 Å². The zero-order chi connectivity index (χ0) is 24.0. The number of aliphatic hydroxyl groups excluding tert-OH is 2. The van der Waals surface area contributed by atoms with Crippen LogP contribution in [-0.4, -0.2) is 59.8 Å². The molecule has 2 aromatic carbocycles. The van der Waals surface area contributed by atoms with Gasteiger partial charge in [-0.25, -0.2) is 0 Å². The lowest BCUT2D eigenvalue weighted by Crippen LogP contribution is -2.33. The van der Waals surface area contributed by atoms with Crippen LogP contribution in [0.2, 0.25) is 0 Å². The van der Waals surface area contributed by atoms with Gasteiger partial charge in [-0.3, -0.25) is 9.59 Å². The van der Waals surface area contributed by atoms with Crippen LogP contribution in [0.15, 0.2) is 54.1 Å². The van der Waals surface area contributed by atoms with Gasteiger partial charge in [0.1, 0.15) is 11.5 Å². The molecule has 0 radical (unpaired) electrons. The number of ketones is 1. The second kappa shape index (κ2) is 11.1. The Labute approximate surface area is 194 Å². The highest BCUT2D eigenvalue weighted by Crippen LogP contribution is 2.39. The molecule has 1 amide bonds. The van der Waals surface area contributed by atoms with E-state index < -0.39 is 17.7 Å². The van der Waals surface area contributed by atoms with Crippen molar-refractivity contribution < 1.29 is 29.3 Å². The Balaban J connectivity index is 2.03. The fraction of sp³-hybridized carbons (Fsp3) is 0.385. The number of amides is 1. The first-order valence-electron chi connectivity index (χ1n) is 11.2. The lowest BCUT2D eigenvalue weighted by molar-refractivity contribution is -0.140. The van der Waals surface area contributed by atoms with E-state index in [1.807, 2.05) is 31.2 Å². The second-order valence-corrected chi connectivity index (χ2v) is 8.11. The fourth-order valence-corrected chi connectivity index (χ4v) is 3.88. The molecule has 1 aliphatic rings. The lowest BCUT2D eigenvalue weighted by atomic mass is 9.93. The van der Waals surface area contributed by atoms with Crippen LogP contribution in [0.25, 0.3) is 5.76 Å². The Morgan fingerprint density at radius 1 is 1.03 bits per heavy atom. The minimum atomic E-state index is -0.740. The monoisotopic (exact) mass is 453 g/mol. The smallest absolute Gasteiger partial charge is 0.295 e. The first-order chi connectivity index (χ1) is 15.9. The molecule has 2 aromatic rings. The molecule has 7 nitrogen and oxygen atoms in total. The lowest BCUT2D eigenvalue weighted by Gasteiger charge is -2.25. The van der Waals surface area contributed by atoms with Gasteiger partial charge in [0, 0.05) is 12.1 Å². The molecule has 3 rings (SSSR count). The largest absolute Gasteiger partial charge is 0.507 e. The van der Waals surface area contributed by atoms with Crippen molar-refractivity contribution in [3.8, 4) is 5.75 Å². The summed E-state index contributed by atoms with van der Waals surface area (Å²) in [6.07, 6.45) is 0. The molecule has 7 heteroatoms. The Hall–Kier alpha value is -3.16. The normalized spacial score (nSPS) is 17.7. The molecule has 1 heterocycles. The van der Waals surface area contributed by atoms with Crippen LogP contribution in [0.1, 0.15) is 49.4 Å². The maximum Gasteiger partial charge on any atom is 0.295 e. The molecule has 0 spiro atoms. The number of nitrogens with zero attached hydrogens (tertiary/aromatic N) is 1. The molecule has 0 saturated carbocycles. The summed E-state index contributed by atoms with van der Waals surface area (Å²) in [5.41, 5.74) is 2.34. The summed E-state index contributed by atoms with van der Waals surface area (Å²) in [5.74, 6) is -0.667. The number of benzene rings is 2. The number of aliphatic hydroxyl groups is 2. The summed E-state index contributed by atoms with van der Waals surface area (Å²) >= 11 is 0. The predicted molar refractivity (Wildman–Crippen MR) is 125 cm³/mol. The summed E-state index contributed by atoms with van der Waals surface area (Å²) in [7, 11) is 0. The summed E-state index contributed by atoms with van der Waals surface area (Å²) in [6.45, 7) is 6.90. The van der Waals surface area contributed by atoms with Crippen LogP contribution in [0.4, 0.5) is 0 Å². The van der Waals surface area contributed by atoms with Crippen molar-refractivity contribution in [3.05, 3.63) is 70.8 Å². The number of likely N-dealkylation sites (tertiary alicyclic amines) is 1. The van der Waals surface area contributed by atoms with E-state index in [1.54, 1.807) is 24.3 Å². The zero-order valence-corrected chi connectivity index (χ0v) is 19.3. The van der Waals surface area contributed by atoms with Gasteiger partial charge in [0.15, 0.2) is 0 Å². The maximum absolute atomic E-state index is 13.0. The Morgan fingerprint density at radius 2 is 1.70 bits per heavy atom. The van der Waals surface area contributed by atoms with Crippen molar-refractivity contribution in [2.24, 2.45) is 0 Å². The third-order valence-corrected chi connectivity index (χ3v) is 5.61. The Bertz CT molecular complexity index is 994. The average Bonchev–Trinajstić information content (AvgIpc) is 3.07. The van der Waals surface area contributed by atoms with Gasteiger partial charge in [0.25, 0.3) is 11.7 Å². The third-order valence-electron chi connectivity index (χ3n) is 5.61. The van der Waals surface area contributed by atoms with Crippen molar-refractivity contribution >= 4 is 17.4 Å². The van der Waals surface area contributed by atoms with Gasteiger partial charge in [-0.15, -0.1) is 0 Å². The van der Waals surface area contributed by atoms with Crippen LogP contribution >= 0.6 is 0 Å². The van der Waals surface area contributed by atoms with E-state index in [9.17, 15) is 14.7 Å². The average molecular weight is 454 g/mol. The van der Waals surface area contributed by atoms with E-state index in [0.717, 1.165) is 11.1 Å². The number of hydrogen-bond acceptors (Lipinski definition) is 6. The standard InChI is InChI=1S/C26H31NO6/c1-4-33-21-11-9-20(10-12-21)24(29)22-23(19-7-5-18(6-8-19)17(2)3)27(26(31)25(22)30)13-15-32-16-14-28/h5-12,17,23,28-29H,4,13-16H2,1-3H3/t23-/m0/s1. The highest BCUT2D eigenvalue weighted by Gasteiger charge is 2.45. The number of Topliss-reactive ketones (excluding diaryl/α,β-unsaturated/α-hetero) is 1. The van der Waals surface area contributed by atoms with Crippen LogP contribution < -0.4 is 4.74 Å². The van der Waals surface area contributed by atoms with Gasteiger partial charge in [-0.1, -0.05) is 38.1 Å². The zero-order valence-electron chi connectivity index (χ0n) is 19.3. The number of carbonyl (C=O) groups is 2. The molecule has 2 N–H and O–H groups in total. The van der Waals surface area contributed by atoms with Gasteiger partial charge < -0.3 is 24.6 Å². The molecule has 33 heavy (non-hydrogen) atoms. The Kier molecular flexibility index (Phi) is 8.25. The molecule has 0 unspecified atom stereocenters. The molecule has 176 valence electrons. The van der Waals surface area contributed by atoms with Gasteiger partial charge in [-0.2, -0.15) is 0 Å². The van der Waals surface area contributed by atoms with Crippen LogP contribution in [0.3, 0.4) is 0 Å². The summed E-state index contributed by atoms with van der Waals surface area (Å²) in [6, 6.07) is 13.7. The molecule has 1 saturated heterocycles. The number of hydrogen-bond donors (Lipinski definition) is 2. The van der Waals surface area contributed by atoms with E-state index in [4.69, 9.17) is 14.6 Å². The van der Waals surface area contributed by atoms with E-state index in [-0.39, 0.29) is 37.7 Å². The highest BCUT2D eigenvalue weighted by molar-refractivity contribution is 6.46. The molecule has 1 aliphatic heterocycles. The van der Waals surface area contributed by atoms with Crippen molar-refractivity contribution in [2.45, 2.75) is 32.7 Å². The van der Waals surface area contributed by atoms with Crippen LogP contribution in [0, 0.1) is 0 Å². The summed E-state index contributed by atoms with van der Waals surface area (Å²) < 4.78 is 10.8. The molecule has 1 fully saturated rings. The Morgan fingerprint density at radius 3 is 2.27 bits per heavy atom. The highest BCUT2D eigenvalue weighted by atomic mass is 16.5. The second-order valence-electron chi connectivity index (χ2n) is 8.11. The first kappa shape index (κ1) is 24.5. The minimum absolute atomic E-state index is 0.0450.